The van der Waals surface area contributed by atoms with Crippen LogP contribution in [-0.4, -0.2) is 15.0 Å². The maximum atomic E-state index is 11.8. The van der Waals surface area contributed by atoms with Crippen molar-refractivity contribution in [1.29, 1.82) is 0 Å². The monoisotopic (exact) mass is 256 g/mol. The second-order valence-electron chi connectivity index (χ2n) is 4.50. The third kappa shape index (κ3) is 4.75. The third-order valence-electron chi connectivity index (χ3n) is 2.44. The van der Waals surface area contributed by atoms with Gasteiger partial charge >= 0.3 is 0 Å². The molecule has 0 aromatic heterocycles. The minimum Gasteiger partial charge on any atom is -0.399 e. The van der Waals surface area contributed by atoms with Crippen molar-refractivity contribution in [2.24, 2.45) is 5.92 Å². The van der Waals surface area contributed by atoms with Crippen LogP contribution in [0.4, 0.5) is 5.69 Å². The van der Waals surface area contributed by atoms with E-state index in [1.54, 1.807) is 12.1 Å². The van der Waals surface area contributed by atoms with Gasteiger partial charge in [0.15, 0.2) is 0 Å². The molecular weight excluding hydrogens is 236 g/mol. The lowest BCUT2D eigenvalue weighted by Crippen LogP contribution is -2.25. The molecule has 0 unspecified atom stereocenters. The summed E-state index contributed by atoms with van der Waals surface area (Å²) in [6.07, 6.45) is 1.87. The van der Waals surface area contributed by atoms with Crippen molar-refractivity contribution in [2.45, 2.75) is 31.6 Å². The Kier molecular flexibility index (Phi) is 4.96. The van der Waals surface area contributed by atoms with Crippen LogP contribution in [0.25, 0.3) is 0 Å². The summed E-state index contributed by atoms with van der Waals surface area (Å²) in [5.74, 6) is 0.594. The average Bonchev–Trinajstić information content (AvgIpc) is 2.25. The van der Waals surface area contributed by atoms with Crippen molar-refractivity contribution < 1.29 is 8.42 Å². The van der Waals surface area contributed by atoms with E-state index in [-0.39, 0.29) is 4.90 Å². The second-order valence-corrected chi connectivity index (χ2v) is 6.27. The average molecular weight is 256 g/mol. The van der Waals surface area contributed by atoms with E-state index in [2.05, 4.69) is 18.6 Å². The van der Waals surface area contributed by atoms with Gasteiger partial charge < -0.3 is 5.73 Å². The zero-order valence-electron chi connectivity index (χ0n) is 10.3. The first kappa shape index (κ1) is 14.0. The Labute approximate surface area is 103 Å². The van der Waals surface area contributed by atoms with Gasteiger partial charge in [-0.05, 0) is 43.0 Å². The molecule has 0 radical (unpaired) electrons. The van der Waals surface area contributed by atoms with E-state index in [0.717, 1.165) is 12.8 Å². The SMILES string of the molecule is CC(C)CCCNS(=O)(=O)c1ccc(N)cc1. The molecule has 0 aliphatic carbocycles. The number of nitrogens with one attached hydrogen (secondary N) is 1. The highest BCUT2D eigenvalue weighted by molar-refractivity contribution is 7.89. The topological polar surface area (TPSA) is 72.2 Å². The summed E-state index contributed by atoms with van der Waals surface area (Å²) >= 11 is 0. The van der Waals surface area contributed by atoms with Gasteiger partial charge in [-0.25, -0.2) is 13.1 Å². The first-order valence-electron chi connectivity index (χ1n) is 5.77. The summed E-state index contributed by atoms with van der Waals surface area (Å²) in [6, 6.07) is 6.20. The van der Waals surface area contributed by atoms with Crippen LogP contribution < -0.4 is 10.5 Å². The number of nitrogens with two attached hydrogens (primary N) is 1. The molecule has 17 heavy (non-hydrogen) atoms. The van der Waals surface area contributed by atoms with Crippen molar-refractivity contribution in [3.8, 4) is 0 Å². The Bertz CT molecular complexity index is 438. The molecule has 0 saturated carbocycles. The molecule has 0 fully saturated rings. The van der Waals surface area contributed by atoms with Crippen molar-refractivity contribution >= 4 is 15.7 Å². The molecule has 3 N–H and O–H groups in total. The van der Waals surface area contributed by atoms with E-state index >= 15 is 0 Å². The fraction of sp³-hybridized carbons (Fsp3) is 0.500. The normalized spacial score (nSPS) is 11.9. The maximum absolute atomic E-state index is 11.8. The van der Waals surface area contributed by atoms with E-state index in [9.17, 15) is 8.42 Å². The van der Waals surface area contributed by atoms with Gasteiger partial charge in [0.25, 0.3) is 0 Å². The fourth-order valence-electron chi connectivity index (χ4n) is 1.45. The minimum atomic E-state index is -3.38. The van der Waals surface area contributed by atoms with Crippen molar-refractivity contribution in [3.05, 3.63) is 24.3 Å². The van der Waals surface area contributed by atoms with E-state index in [0.29, 0.717) is 18.2 Å². The van der Waals surface area contributed by atoms with Crippen LogP contribution in [0.5, 0.6) is 0 Å². The lowest BCUT2D eigenvalue weighted by molar-refractivity contribution is 0.540. The Morgan fingerprint density at radius 2 is 1.82 bits per heavy atom. The highest BCUT2D eigenvalue weighted by Crippen LogP contribution is 2.11. The lowest BCUT2D eigenvalue weighted by Gasteiger charge is -2.08. The molecule has 0 spiro atoms. The van der Waals surface area contributed by atoms with Gasteiger partial charge in [0.2, 0.25) is 10.0 Å². The Balaban J connectivity index is 2.54. The molecule has 1 aromatic rings. The van der Waals surface area contributed by atoms with Crippen LogP contribution in [0.1, 0.15) is 26.7 Å². The molecule has 0 aliphatic rings. The van der Waals surface area contributed by atoms with Gasteiger partial charge in [0.1, 0.15) is 0 Å². The van der Waals surface area contributed by atoms with E-state index in [1.165, 1.54) is 12.1 Å². The number of nitrogen functional groups attached to an aromatic ring is 1. The van der Waals surface area contributed by atoms with Gasteiger partial charge in [-0.1, -0.05) is 13.8 Å². The molecule has 0 bridgehead atoms. The number of hydrogen-bond donors (Lipinski definition) is 2. The summed E-state index contributed by atoms with van der Waals surface area (Å²) in [4.78, 5) is 0.260. The van der Waals surface area contributed by atoms with Gasteiger partial charge in [0, 0.05) is 12.2 Å². The highest BCUT2D eigenvalue weighted by Gasteiger charge is 2.12. The third-order valence-corrected chi connectivity index (χ3v) is 3.92. The molecule has 4 nitrogen and oxygen atoms in total. The van der Waals surface area contributed by atoms with Crippen LogP contribution in [0.2, 0.25) is 0 Å². The van der Waals surface area contributed by atoms with E-state index in [4.69, 9.17) is 5.73 Å². The molecule has 0 amide bonds. The maximum Gasteiger partial charge on any atom is 0.240 e. The van der Waals surface area contributed by atoms with Crippen molar-refractivity contribution in [3.63, 3.8) is 0 Å². The Hall–Kier alpha value is -1.07. The molecule has 5 heteroatoms. The van der Waals surface area contributed by atoms with Crippen molar-refractivity contribution in [1.82, 2.24) is 4.72 Å². The first-order valence-corrected chi connectivity index (χ1v) is 7.25. The van der Waals surface area contributed by atoms with Crippen LogP contribution in [0.15, 0.2) is 29.2 Å². The standard InChI is InChI=1S/C12H20N2O2S/c1-10(2)4-3-9-14-17(15,16)12-7-5-11(13)6-8-12/h5-8,10,14H,3-4,9,13H2,1-2H3. The summed E-state index contributed by atoms with van der Waals surface area (Å²) in [7, 11) is -3.38. The summed E-state index contributed by atoms with van der Waals surface area (Å²) in [5, 5.41) is 0. The predicted octanol–water partition coefficient (Wildman–Crippen LogP) is 1.98. The van der Waals surface area contributed by atoms with Gasteiger partial charge in [-0.3, -0.25) is 0 Å². The van der Waals surface area contributed by atoms with Crippen molar-refractivity contribution in [2.75, 3.05) is 12.3 Å². The predicted molar refractivity (Wildman–Crippen MR) is 70.1 cm³/mol. The molecule has 96 valence electrons. The molecular formula is C12H20N2O2S. The smallest absolute Gasteiger partial charge is 0.240 e. The summed E-state index contributed by atoms with van der Waals surface area (Å²) in [6.45, 7) is 4.72. The zero-order chi connectivity index (χ0) is 12.9. The van der Waals surface area contributed by atoms with Crippen LogP contribution in [0.3, 0.4) is 0 Å². The number of rotatable bonds is 6. The lowest BCUT2D eigenvalue weighted by atomic mass is 10.1. The molecule has 0 saturated heterocycles. The molecule has 1 rings (SSSR count). The Morgan fingerprint density at radius 1 is 1.24 bits per heavy atom. The Morgan fingerprint density at radius 3 is 2.35 bits per heavy atom. The van der Waals surface area contributed by atoms with Gasteiger partial charge in [-0.15, -0.1) is 0 Å². The van der Waals surface area contributed by atoms with Gasteiger partial charge in [0.05, 0.1) is 4.90 Å². The van der Waals surface area contributed by atoms with Crippen LogP contribution in [-0.2, 0) is 10.0 Å². The number of hydrogen-bond acceptors (Lipinski definition) is 3. The highest BCUT2D eigenvalue weighted by atomic mass is 32.2. The van der Waals surface area contributed by atoms with Gasteiger partial charge in [-0.2, -0.15) is 0 Å². The van der Waals surface area contributed by atoms with Crippen LogP contribution >= 0.6 is 0 Å². The molecule has 0 aliphatic heterocycles. The number of anilines is 1. The molecule has 0 atom stereocenters. The summed E-state index contributed by atoms with van der Waals surface area (Å²) < 4.78 is 26.3. The minimum absolute atomic E-state index is 0.260. The quantitative estimate of drug-likeness (QED) is 0.604. The fourth-order valence-corrected chi connectivity index (χ4v) is 2.52. The molecule has 0 heterocycles. The molecule has 1 aromatic carbocycles. The number of benzene rings is 1. The largest absolute Gasteiger partial charge is 0.399 e. The first-order chi connectivity index (χ1) is 7.92. The second kappa shape index (κ2) is 6.02. The van der Waals surface area contributed by atoms with E-state index < -0.39 is 10.0 Å². The van der Waals surface area contributed by atoms with E-state index in [1.807, 2.05) is 0 Å². The zero-order valence-corrected chi connectivity index (χ0v) is 11.1. The summed E-state index contributed by atoms with van der Waals surface area (Å²) in [5.41, 5.74) is 6.07. The van der Waals surface area contributed by atoms with Crippen LogP contribution in [0, 0.1) is 5.92 Å². The number of sulfonamides is 1.